The first-order valence-corrected chi connectivity index (χ1v) is 11.9. The van der Waals surface area contributed by atoms with Crippen molar-refractivity contribution in [3.8, 4) is 0 Å². The molecule has 1 aromatic heterocycles. The molecule has 3 rings (SSSR count). The average Bonchev–Trinajstić information content (AvgIpc) is 2.81. The molecule has 0 bridgehead atoms. The molecule has 6 heteroatoms. The number of benzene rings is 2. The zero-order valence-corrected chi connectivity index (χ0v) is 20.0. The molecule has 0 aliphatic rings. The van der Waals surface area contributed by atoms with Crippen molar-refractivity contribution in [2.24, 2.45) is 0 Å². The van der Waals surface area contributed by atoms with Gasteiger partial charge in [0.1, 0.15) is 0 Å². The fraction of sp³-hybridized carbons (Fsp3) is 0.308. The molecule has 1 amide bonds. The third-order valence-electron chi connectivity index (χ3n) is 5.35. The van der Waals surface area contributed by atoms with Gasteiger partial charge in [0, 0.05) is 29.0 Å². The van der Waals surface area contributed by atoms with Crippen LogP contribution in [0.3, 0.4) is 0 Å². The van der Waals surface area contributed by atoms with E-state index in [0.717, 1.165) is 46.3 Å². The lowest BCUT2D eigenvalue weighted by Crippen LogP contribution is -2.24. The molecule has 2 N–H and O–H groups in total. The van der Waals surface area contributed by atoms with Crippen molar-refractivity contribution in [2.75, 3.05) is 6.54 Å². The van der Waals surface area contributed by atoms with Gasteiger partial charge in [0.2, 0.25) is 0 Å². The number of amides is 1. The van der Waals surface area contributed by atoms with E-state index in [1.54, 1.807) is 11.6 Å². The van der Waals surface area contributed by atoms with Gasteiger partial charge < -0.3 is 0 Å². The lowest BCUT2D eigenvalue weighted by atomic mass is 10.1. The van der Waals surface area contributed by atoms with E-state index >= 15 is 0 Å². The maximum Gasteiger partial charge on any atom is 0.267 e. The van der Waals surface area contributed by atoms with Crippen molar-refractivity contribution in [2.45, 2.75) is 45.7 Å². The van der Waals surface area contributed by atoms with Gasteiger partial charge in [0.25, 0.3) is 5.91 Å². The molecular formula is C26H30BrN3O2. The molecule has 168 valence electrons. The number of unbranched alkanes of at least 4 members (excludes halogenated alkanes) is 3. The quantitative estimate of drug-likeness (QED) is 0.146. The monoisotopic (exact) mass is 495 g/mol. The zero-order valence-electron chi connectivity index (χ0n) is 18.4. The highest BCUT2D eigenvalue weighted by Gasteiger charge is 2.09. The Labute approximate surface area is 198 Å². The second-order valence-electron chi connectivity index (χ2n) is 7.96. The van der Waals surface area contributed by atoms with Crippen LogP contribution in [0.15, 0.2) is 65.1 Å². The van der Waals surface area contributed by atoms with Crippen LogP contribution in [0.25, 0.3) is 17.0 Å². The smallest absolute Gasteiger partial charge is 0.267 e. The molecule has 0 unspecified atom stereocenters. The van der Waals surface area contributed by atoms with Crippen LogP contribution in [-0.2, 0) is 17.9 Å². The van der Waals surface area contributed by atoms with Gasteiger partial charge in [-0.1, -0.05) is 72.4 Å². The fourth-order valence-electron chi connectivity index (χ4n) is 3.63. The van der Waals surface area contributed by atoms with Crippen LogP contribution < -0.4 is 5.48 Å². The first kappa shape index (κ1) is 24.1. The average molecular weight is 496 g/mol. The van der Waals surface area contributed by atoms with Crippen LogP contribution in [0.5, 0.6) is 0 Å². The third kappa shape index (κ3) is 7.55. The molecule has 2 aromatic carbocycles. The van der Waals surface area contributed by atoms with Gasteiger partial charge in [-0.15, -0.1) is 0 Å². The Hall–Kier alpha value is -2.54. The highest BCUT2D eigenvalue weighted by Crippen LogP contribution is 2.20. The van der Waals surface area contributed by atoms with Crippen molar-refractivity contribution >= 4 is 38.8 Å². The van der Waals surface area contributed by atoms with Crippen molar-refractivity contribution in [1.29, 1.82) is 0 Å². The van der Waals surface area contributed by atoms with E-state index in [-0.39, 0.29) is 0 Å². The second-order valence-corrected chi connectivity index (χ2v) is 8.88. The first-order valence-electron chi connectivity index (χ1n) is 11.1. The van der Waals surface area contributed by atoms with Crippen LogP contribution in [0.1, 0.15) is 49.4 Å². The van der Waals surface area contributed by atoms with Crippen LogP contribution in [0.2, 0.25) is 0 Å². The number of pyridine rings is 1. The summed E-state index contributed by atoms with van der Waals surface area (Å²) in [5.41, 5.74) is 5.81. The lowest BCUT2D eigenvalue weighted by molar-refractivity contribution is -0.124. The standard InChI is InChI=1S/C26H30BrN3O2/c1-2-3-4-5-16-30(18-21-8-6-20(7-9-21)10-15-26(31)29-32)19-24-13-11-22-17-23(27)12-14-25(22)28-24/h6-15,17,32H,2-5,16,18-19H2,1H3,(H,29,31)/b15-10+. The normalized spacial score (nSPS) is 11.5. The van der Waals surface area contributed by atoms with Gasteiger partial charge in [-0.05, 0) is 54.4 Å². The topological polar surface area (TPSA) is 65.5 Å². The zero-order chi connectivity index (χ0) is 22.8. The highest BCUT2D eigenvalue weighted by atomic mass is 79.9. The number of carbonyl (C=O) groups is 1. The highest BCUT2D eigenvalue weighted by molar-refractivity contribution is 9.10. The van der Waals surface area contributed by atoms with Crippen LogP contribution in [0, 0.1) is 0 Å². The number of fused-ring (bicyclic) bond motifs is 1. The third-order valence-corrected chi connectivity index (χ3v) is 5.84. The van der Waals surface area contributed by atoms with Gasteiger partial charge in [-0.2, -0.15) is 0 Å². The van der Waals surface area contributed by atoms with Crippen molar-refractivity contribution in [3.63, 3.8) is 0 Å². The largest absolute Gasteiger partial charge is 0.293 e. The van der Waals surface area contributed by atoms with Gasteiger partial charge in [0.05, 0.1) is 11.2 Å². The SMILES string of the molecule is CCCCCCN(Cc1ccc(/C=C/C(=O)NO)cc1)Cc1ccc2cc(Br)ccc2n1. The summed E-state index contributed by atoms with van der Waals surface area (Å²) >= 11 is 3.52. The van der Waals surface area contributed by atoms with Gasteiger partial charge in [-0.3, -0.25) is 19.9 Å². The summed E-state index contributed by atoms with van der Waals surface area (Å²) in [4.78, 5) is 18.5. The van der Waals surface area contributed by atoms with Crippen LogP contribution >= 0.6 is 15.9 Å². The van der Waals surface area contributed by atoms with E-state index in [1.165, 1.54) is 37.3 Å². The summed E-state index contributed by atoms with van der Waals surface area (Å²) in [5.74, 6) is -0.539. The van der Waals surface area contributed by atoms with E-state index in [0.29, 0.717) is 0 Å². The number of carbonyl (C=O) groups excluding carboxylic acids is 1. The van der Waals surface area contributed by atoms with Gasteiger partial charge in [-0.25, -0.2) is 5.48 Å². The Bertz CT molecular complexity index is 1050. The summed E-state index contributed by atoms with van der Waals surface area (Å²) in [7, 11) is 0. The minimum absolute atomic E-state index is 0.539. The van der Waals surface area contributed by atoms with E-state index in [1.807, 2.05) is 18.2 Å². The van der Waals surface area contributed by atoms with E-state index in [9.17, 15) is 4.79 Å². The molecule has 0 saturated heterocycles. The lowest BCUT2D eigenvalue weighted by Gasteiger charge is -2.22. The summed E-state index contributed by atoms with van der Waals surface area (Å²) in [6.45, 7) is 4.90. The molecule has 3 aromatic rings. The number of hydrogen-bond donors (Lipinski definition) is 2. The summed E-state index contributed by atoms with van der Waals surface area (Å²) in [6, 6.07) is 18.6. The number of nitrogens with zero attached hydrogens (tertiary/aromatic N) is 2. The van der Waals surface area contributed by atoms with Gasteiger partial charge >= 0.3 is 0 Å². The molecule has 0 aliphatic heterocycles. The second kappa shape index (κ2) is 12.5. The predicted octanol–water partition coefficient (Wildman–Crippen LogP) is 6.10. The van der Waals surface area contributed by atoms with E-state index in [2.05, 4.69) is 64.2 Å². The number of rotatable bonds is 11. The van der Waals surface area contributed by atoms with Crippen LogP contribution in [-0.4, -0.2) is 27.5 Å². The van der Waals surface area contributed by atoms with Crippen molar-refractivity contribution < 1.29 is 10.0 Å². The molecule has 5 nitrogen and oxygen atoms in total. The molecule has 0 fully saturated rings. The van der Waals surface area contributed by atoms with E-state index < -0.39 is 5.91 Å². The molecule has 0 atom stereocenters. The summed E-state index contributed by atoms with van der Waals surface area (Å²) in [6.07, 6.45) is 7.88. The van der Waals surface area contributed by atoms with Gasteiger partial charge in [0.15, 0.2) is 0 Å². The molecule has 0 saturated carbocycles. The fourth-order valence-corrected chi connectivity index (χ4v) is 4.01. The Kier molecular flexibility index (Phi) is 9.41. The number of hydroxylamine groups is 1. The maximum atomic E-state index is 11.2. The molecule has 0 aliphatic carbocycles. The minimum atomic E-state index is -0.539. The molecular weight excluding hydrogens is 466 g/mol. The number of nitrogens with one attached hydrogen (secondary N) is 1. The van der Waals surface area contributed by atoms with Crippen molar-refractivity contribution in [3.05, 3.63) is 82.0 Å². The molecule has 0 radical (unpaired) electrons. The Balaban J connectivity index is 1.70. The van der Waals surface area contributed by atoms with Crippen LogP contribution in [0.4, 0.5) is 0 Å². The summed E-state index contributed by atoms with van der Waals surface area (Å²) in [5, 5.41) is 9.72. The first-order chi connectivity index (χ1) is 15.6. The number of hydrogen-bond acceptors (Lipinski definition) is 4. The Morgan fingerprint density at radius 2 is 1.88 bits per heavy atom. The number of aromatic nitrogens is 1. The molecule has 0 spiro atoms. The number of halogens is 1. The van der Waals surface area contributed by atoms with E-state index in [4.69, 9.17) is 10.2 Å². The van der Waals surface area contributed by atoms with Crippen molar-refractivity contribution in [1.82, 2.24) is 15.4 Å². The molecule has 32 heavy (non-hydrogen) atoms. The summed E-state index contributed by atoms with van der Waals surface area (Å²) < 4.78 is 1.06. The maximum absolute atomic E-state index is 11.2. The Morgan fingerprint density at radius 1 is 1.06 bits per heavy atom. The predicted molar refractivity (Wildman–Crippen MR) is 133 cm³/mol. The Morgan fingerprint density at radius 3 is 2.62 bits per heavy atom. The molecule has 1 heterocycles. The minimum Gasteiger partial charge on any atom is -0.293 e.